The zero-order valence-electron chi connectivity index (χ0n) is 13.5. The van der Waals surface area contributed by atoms with Crippen LogP contribution in [-0.2, 0) is 11.3 Å². The second kappa shape index (κ2) is 6.43. The van der Waals surface area contributed by atoms with E-state index in [4.69, 9.17) is 4.98 Å². The van der Waals surface area contributed by atoms with Gasteiger partial charge in [-0.1, -0.05) is 25.0 Å². The largest absolute Gasteiger partial charge is 0.352 e. The third-order valence-electron chi connectivity index (χ3n) is 4.62. The molecule has 0 atom stereocenters. The number of carbonyl (C=O) groups is 1. The van der Waals surface area contributed by atoms with E-state index in [-0.39, 0.29) is 12.5 Å². The molecule has 1 saturated carbocycles. The molecular formula is C19H20N4O. The van der Waals surface area contributed by atoms with E-state index in [0.717, 1.165) is 35.3 Å². The number of nitrogens with one attached hydrogen (secondary N) is 1. The molecule has 5 nitrogen and oxygen atoms in total. The van der Waals surface area contributed by atoms with Crippen LogP contribution < -0.4 is 5.32 Å². The van der Waals surface area contributed by atoms with E-state index in [9.17, 15) is 4.79 Å². The molecule has 2 heterocycles. The van der Waals surface area contributed by atoms with Gasteiger partial charge in [-0.25, -0.2) is 4.98 Å². The number of benzene rings is 1. The molecule has 1 aliphatic rings. The molecule has 3 aromatic rings. The molecule has 24 heavy (non-hydrogen) atoms. The summed E-state index contributed by atoms with van der Waals surface area (Å²) in [4.78, 5) is 21.3. The number of amides is 1. The van der Waals surface area contributed by atoms with Gasteiger partial charge in [0.1, 0.15) is 12.4 Å². The molecular weight excluding hydrogens is 300 g/mol. The third kappa shape index (κ3) is 2.89. The molecule has 2 aromatic heterocycles. The number of aromatic nitrogens is 3. The van der Waals surface area contributed by atoms with Crippen LogP contribution in [0.2, 0.25) is 0 Å². The lowest BCUT2D eigenvalue weighted by Crippen LogP contribution is -2.35. The molecule has 4 rings (SSSR count). The lowest BCUT2D eigenvalue weighted by molar-refractivity contribution is -0.122. The highest BCUT2D eigenvalue weighted by Crippen LogP contribution is 2.24. The van der Waals surface area contributed by atoms with Crippen LogP contribution in [0.5, 0.6) is 0 Å². The molecule has 0 unspecified atom stereocenters. The fraction of sp³-hybridized carbons (Fsp3) is 0.316. The minimum Gasteiger partial charge on any atom is -0.352 e. The van der Waals surface area contributed by atoms with Gasteiger partial charge in [0.25, 0.3) is 0 Å². The van der Waals surface area contributed by atoms with Gasteiger partial charge in [-0.15, -0.1) is 0 Å². The summed E-state index contributed by atoms with van der Waals surface area (Å²) in [5.41, 5.74) is 2.85. The molecule has 1 aromatic carbocycles. The Hall–Kier alpha value is -2.69. The SMILES string of the molecule is O=C(Cn1c(-c2ccncc2)nc2ccccc21)NC1CCCC1. The summed E-state index contributed by atoms with van der Waals surface area (Å²) in [5.74, 6) is 0.862. The fourth-order valence-corrected chi connectivity index (χ4v) is 3.44. The Morgan fingerprint density at radius 1 is 1.12 bits per heavy atom. The van der Waals surface area contributed by atoms with Crippen molar-refractivity contribution in [1.29, 1.82) is 0 Å². The van der Waals surface area contributed by atoms with Crippen molar-refractivity contribution in [3.63, 3.8) is 0 Å². The summed E-state index contributed by atoms with van der Waals surface area (Å²) in [6.07, 6.45) is 8.10. The maximum Gasteiger partial charge on any atom is 0.240 e. The van der Waals surface area contributed by atoms with Gasteiger partial charge < -0.3 is 9.88 Å². The first-order valence-electron chi connectivity index (χ1n) is 8.46. The van der Waals surface area contributed by atoms with E-state index in [2.05, 4.69) is 10.3 Å². The van der Waals surface area contributed by atoms with Crippen LogP contribution in [0.1, 0.15) is 25.7 Å². The summed E-state index contributed by atoms with van der Waals surface area (Å²) < 4.78 is 1.99. The first kappa shape index (κ1) is 14.9. The highest BCUT2D eigenvalue weighted by Gasteiger charge is 2.19. The van der Waals surface area contributed by atoms with Gasteiger partial charge in [0.15, 0.2) is 0 Å². The first-order valence-corrected chi connectivity index (χ1v) is 8.46. The Morgan fingerprint density at radius 2 is 1.88 bits per heavy atom. The summed E-state index contributed by atoms with van der Waals surface area (Å²) in [6.45, 7) is 0.286. The predicted octanol–water partition coefficient (Wildman–Crippen LogP) is 3.16. The first-order chi connectivity index (χ1) is 11.8. The summed E-state index contributed by atoms with van der Waals surface area (Å²) in [5, 5.41) is 3.16. The summed E-state index contributed by atoms with van der Waals surface area (Å²) in [7, 11) is 0. The monoisotopic (exact) mass is 320 g/mol. The number of para-hydroxylation sites is 2. The summed E-state index contributed by atoms with van der Waals surface area (Å²) in [6, 6.07) is 12.1. The maximum atomic E-state index is 12.5. The van der Waals surface area contributed by atoms with Crippen molar-refractivity contribution < 1.29 is 4.79 Å². The number of hydrogen-bond acceptors (Lipinski definition) is 3. The van der Waals surface area contributed by atoms with E-state index in [0.29, 0.717) is 6.04 Å². The van der Waals surface area contributed by atoms with E-state index < -0.39 is 0 Å². The van der Waals surface area contributed by atoms with Gasteiger partial charge >= 0.3 is 0 Å². The Labute approximate surface area is 140 Å². The van der Waals surface area contributed by atoms with Crippen molar-refractivity contribution in [1.82, 2.24) is 19.9 Å². The zero-order valence-corrected chi connectivity index (χ0v) is 13.5. The number of nitrogens with zero attached hydrogens (tertiary/aromatic N) is 3. The van der Waals surface area contributed by atoms with E-state index in [1.807, 2.05) is 41.0 Å². The number of fused-ring (bicyclic) bond motifs is 1. The average molecular weight is 320 g/mol. The second-order valence-corrected chi connectivity index (χ2v) is 6.30. The molecule has 122 valence electrons. The van der Waals surface area contributed by atoms with Crippen molar-refractivity contribution in [2.24, 2.45) is 0 Å². The molecule has 1 amide bonds. The van der Waals surface area contributed by atoms with Gasteiger partial charge in [-0.05, 0) is 37.1 Å². The number of hydrogen-bond donors (Lipinski definition) is 1. The van der Waals surface area contributed by atoms with Crippen LogP contribution >= 0.6 is 0 Å². The van der Waals surface area contributed by atoms with Gasteiger partial charge in [0.05, 0.1) is 11.0 Å². The topological polar surface area (TPSA) is 59.8 Å². The minimum atomic E-state index is 0.0559. The van der Waals surface area contributed by atoms with Crippen LogP contribution in [0.3, 0.4) is 0 Å². The molecule has 0 aliphatic heterocycles. The molecule has 1 N–H and O–H groups in total. The van der Waals surface area contributed by atoms with Crippen LogP contribution in [0, 0.1) is 0 Å². The Balaban J connectivity index is 1.68. The van der Waals surface area contributed by atoms with Crippen LogP contribution in [-0.4, -0.2) is 26.5 Å². The maximum absolute atomic E-state index is 12.5. The third-order valence-corrected chi connectivity index (χ3v) is 4.62. The molecule has 0 saturated heterocycles. The summed E-state index contributed by atoms with van der Waals surface area (Å²) >= 11 is 0. The number of imidazole rings is 1. The van der Waals surface area contributed by atoms with Crippen molar-refractivity contribution in [3.05, 3.63) is 48.8 Å². The van der Waals surface area contributed by atoms with Crippen molar-refractivity contribution in [2.45, 2.75) is 38.3 Å². The molecule has 0 bridgehead atoms. The normalized spacial score (nSPS) is 15.0. The Morgan fingerprint density at radius 3 is 2.67 bits per heavy atom. The van der Waals surface area contributed by atoms with Gasteiger partial charge in [-0.2, -0.15) is 0 Å². The van der Waals surface area contributed by atoms with Crippen LogP contribution in [0.15, 0.2) is 48.8 Å². The van der Waals surface area contributed by atoms with Crippen molar-refractivity contribution in [2.75, 3.05) is 0 Å². The van der Waals surface area contributed by atoms with E-state index in [1.54, 1.807) is 12.4 Å². The van der Waals surface area contributed by atoms with Crippen molar-refractivity contribution in [3.8, 4) is 11.4 Å². The quantitative estimate of drug-likeness (QED) is 0.803. The van der Waals surface area contributed by atoms with Crippen LogP contribution in [0.25, 0.3) is 22.4 Å². The molecule has 0 spiro atoms. The lowest BCUT2D eigenvalue weighted by Gasteiger charge is -2.14. The van der Waals surface area contributed by atoms with Gasteiger partial charge in [0, 0.05) is 24.0 Å². The van der Waals surface area contributed by atoms with E-state index in [1.165, 1.54) is 12.8 Å². The standard InChI is InChI=1S/C19H20N4O/c24-18(21-15-5-1-2-6-15)13-23-17-8-4-3-7-16(17)22-19(23)14-9-11-20-12-10-14/h3-4,7-12,15H,1-2,5-6,13H2,(H,21,24). The number of pyridine rings is 1. The van der Waals surface area contributed by atoms with Crippen molar-refractivity contribution >= 4 is 16.9 Å². The lowest BCUT2D eigenvalue weighted by atomic mass is 10.2. The fourth-order valence-electron chi connectivity index (χ4n) is 3.44. The smallest absolute Gasteiger partial charge is 0.240 e. The number of rotatable bonds is 4. The van der Waals surface area contributed by atoms with Gasteiger partial charge in [-0.3, -0.25) is 9.78 Å². The number of carbonyl (C=O) groups excluding carboxylic acids is 1. The predicted molar refractivity (Wildman–Crippen MR) is 93.4 cm³/mol. The average Bonchev–Trinajstić information content (AvgIpc) is 3.24. The molecule has 1 aliphatic carbocycles. The second-order valence-electron chi connectivity index (χ2n) is 6.30. The van der Waals surface area contributed by atoms with Crippen LogP contribution in [0.4, 0.5) is 0 Å². The zero-order chi connectivity index (χ0) is 16.4. The van der Waals surface area contributed by atoms with Gasteiger partial charge in [0.2, 0.25) is 5.91 Å². The highest BCUT2D eigenvalue weighted by atomic mass is 16.2. The minimum absolute atomic E-state index is 0.0559. The Bertz CT molecular complexity index is 850. The van der Waals surface area contributed by atoms with E-state index >= 15 is 0 Å². The molecule has 0 radical (unpaired) electrons. The molecule has 5 heteroatoms. The highest BCUT2D eigenvalue weighted by molar-refractivity contribution is 5.84. The Kier molecular flexibility index (Phi) is 3.99. The molecule has 1 fully saturated rings.